The Morgan fingerprint density at radius 2 is 1.78 bits per heavy atom. The summed E-state index contributed by atoms with van der Waals surface area (Å²) < 4.78 is 6.16. The summed E-state index contributed by atoms with van der Waals surface area (Å²) in [5, 5.41) is 13.7. The lowest BCUT2D eigenvalue weighted by atomic mass is 9.70. The van der Waals surface area contributed by atoms with Gasteiger partial charge in [-0.05, 0) is 55.5 Å². The third kappa shape index (κ3) is 6.83. The van der Waals surface area contributed by atoms with Gasteiger partial charge in [-0.3, -0.25) is 9.59 Å². The molecule has 1 aromatic heterocycles. The van der Waals surface area contributed by atoms with E-state index in [1.165, 1.54) is 17.7 Å². The van der Waals surface area contributed by atoms with Gasteiger partial charge in [0.25, 0.3) is 0 Å². The summed E-state index contributed by atoms with van der Waals surface area (Å²) in [5.41, 5.74) is 1.88. The van der Waals surface area contributed by atoms with E-state index in [9.17, 15) is 14.7 Å². The van der Waals surface area contributed by atoms with Crippen LogP contribution in [0.3, 0.4) is 0 Å². The second-order valence-electron chi connectivity index (χ2n) is 9.84. The number of rotatable bonds is 15. The number of carbonyl (C=O) groups excluding carboxylic acids is 1. The van der Waals surface area contributed by atoms with Crippen LogP contribution in [0.1, 0.15) is 68.8 Å². The summed E-state index contributed by atoms with van der Waals surface area (Å²) in [6, 6.07) is 16.7. The van der Waals surface area contributed by atoms with Crippen molar-refractivity contribution < 1.29 is 14.6 Å². The molecule has 0 spiro atoms. The van der Waals surface area contributed by atoms with Crippen LogP contribution in [-0.2, 0) is 10.2 Å². The van der Waals surface area contributed by atoms with E-state index < -0.39 is 0 Å². The Balaban J connectivity index is 1.34. The van der Waals surface area contributed by atoms with Gasteiger partial charge >= 0.3 is 0 Å². The van der Waals surface area contributed by atoms with Crippen molar-refractivity contribution in [1.82, 2.24) is 10.3 Å². The van der Waals surface area contributed by atoms with Crippen LogP contribution in [0.4, 0.5) is 0 Å². The molecule has 3 aromatic rings. The molecule has 0 aliphatic carbocycles. The molecule has 6 heteroatoms. The standard InChI is InChI=1S/C30H40N2O4/c1-4-30(22(2)3,23-12-8-7-9-13-23)21-36-19-11-6-5-10-18-31-20-27(34)24-14-16-26(33)29-25(24)15-17-28(35)32-29/h7-9,12-17,22,31,33H,4-6,10-11,18-21H2,1-3H3,(H,32,35). The molecule has 0 aliphatic rings. The van der Waals surface area contributed by atoms with E-state index in [2.05, 4.69) is 61.4 Å². The number of hydrogen-bond donors (Lipinski definition) is 3. The Kier molecular flexibility index (Phi) is 10.3. The maximum Gasteiger partial charge on any atom is 0.248 e. The summed E-state index contributed by atoms with van der Waals surface area (Å²) >= 11 is 0. The fourth-order valence-electron chi connectivity index (χ4n) is 4.91. The fourth-order valence-corrected chi connectivity index (χ4v) is 4.91. The van der Waals surface area contributed by atoms with E-state index in [1.807, 2.05) is 0 Å². The lowest BCUT2D eigenvalue weighted by Gasteiger charge is -2.37. The van der Waals surface area contributed by atoms with Gasteiger partial charge in [-0.1, -0.05) is 63.9 Å². The highest BCUT2D eigenvalue weighted by Crippen LogP contribution is 2.36. The molecule has 194 valence electrons. The van der Waals surface area contributed by atoms with Crippen LogP contribution in [0.25, 0.3) is 10.9 Å². The Bertz CT molecular complexity index is 1170. The number of aromatic hydroxyl groups is 1. The van der Waals surface area contributed by atoms with Crippen LogP contribution < -0.4 is 10.9 Å². The number of Topliss-reactive ketones (excluding diaryl/α,β-unsaturated/α-hetero) is 1. The summed E-state index contributed by atoms with van der Waals surface area (Å²) in [6.07, 6.45) is 5.25. The summed E-state index contributed by atoms with van der Waals surface area (Å²) in [5.74, 6) is 0.393. The van der Waals surface area contributed by atoms with Gasteiger partial charge < -0.3 is 20.1 Å². The molecule has 2 aromatic carbocycles. The van der Waals surface area contributed by atoms with E-state index in [0.717, 1.165) is 51.9 Å². The van der Waals surface area contributed by atoms with Crippen LogP contribution in [0.15, 0.2) is 59.4 Å². The van der Waals surface area contributed by atoms with E-state index in [4.69, 9.17) is 4.74 Å². The number of phenols is 1. The minimum absolute atomic E-state index is 0.0409. The number of ketones is 1. The van der Waals surface area contributed by atoms with Gasteiger partial charge in [0.05, 0.1) is 18.7 Å². The number of aromatic nitrogens is 1. The molecule has 0 aliphatic heterocycles. The Morgan fingerprint density at radius 3 is 2.50 bits per heavy atom. The van der Waals surface area contributed by atoms with Crippen LogP contribution in [0, 0.1) is 5.92 Å². The number of nitrogens with one attached hydrogen (secondary N) is 2. The van der Waals surface area contributed by atoms with Gasteiger partial charge in [0.1, 0.15) is 5.75 Å². The number of hydrogen-bond acceptors (Lipinski definition) is 5. The lowest BCUT2D eigenvalue weighted by Crippen LogP contribution is -2.37. The van der Waals surface area contributed by atoms with Crippen LogP contribution in [-0.4, -0.2) is 42.2 Å². The largest absolute Gasteiger partial charge is 0.506 e. The van der Waals surface area contributed by atoms with E-state index >= 15 is 0 Å². The van der Waals surface area contributed by atoms with Crippen molar-refractivity contribution in [3.05, 3.63) is 76.1 Å². The molecular formula is C30H40N2O4. The van der Waals surface area contributed by atoms with Crippen molar-refractivity contribution >= 4 is 16.7 Å². The molecule has 0 fully saturated rings. The smallest absolute Gasteiger partial charge is 0.248 e. The highest BCUT2D eigenvalue weighted by molar-refractivity contribution is 6.09. The Hall–Kier alpha value is -2.96. The predicted octanol–water partition coefficient (Wildman–Crippen LogP) is 5.59. The zero-order valence-electron chi connectivity index (χ0n) is 21.8. The van der Waals surface area contributed by atoms with Gasteiger partial charge in [0.2, 0.25) is 5.56 Å². The van der Waals surface area contributed by atoms with Crippen molar-refractivity contribution in [2.24, 2.45) is 5.92 Å². The van der Waals surface area contributed by atoms with Crippen LogP contribution in [0.5, 0.6) is 5.75 Å². The first-order valence-corrected chi connectivity index (χ1v) is 13.1. The minimum atomic E-state index is -0.313. The van der Waals surface area contributed by atoms with Gasteiger partial charge in [0, 0.05) is 29.0 Å². The first-order valence-electron chi connectivity index (χ1n) is 13.1. The number of aromatic amines is 1. The highest BCUT2D eigenvalue weighted by atomic mass is 16.5. The molecule has 0 saturated heterocycles. The van der Waals surface area contributed by atoms with Crippen molar-refractivity contribution in [3.63, 3.8) is 0 Å². The molecule has 3 rings (SSSR count). The zero-order chi connectivity index (χ0) is 26.0. The highest BCUT2D eigenvalue weighted by Gasteiger charge is 2.34. The average Bonchev–Trinajstić information content (AvgIpc) is 2.88. The number of ether oxygens (including phenoxy) is 1. The van der Waals surface area contributed by atoms with Gasteiger partial charge in [-0.15, -0.1) is 0 Å². The maximum absolute atomic E-state index is 12.7. The minimum Gasteiger partial charge on any atom is -0.506 e. The normalized spacial score (nSPS) is 13.2. The van der Waals surface area contributed by atoms with Gasteiger partial charge in [0.15, 0.2) is 5.78 Å². The lowest BCUT2D eigenvalue weighted by molar-refractivity contribution is 0.0564. The number of unbranched alkanes of at least 4 members (excludes halogenated alkanes) is 3. The third-order valence-corrected chi connectivity index (χ3v) is 7.30. The SMILES string of the molecule is CCC(COCCCCCCNCC(=O)c1ccc(O)c2[nH]c(=O)ccc12)(c1ccccc1)C(C)C. The molecule has 1 unspecified atom stereocenters. The molecule has 0 amide bonds. The number of fused-ring (bicyclic) bond motifs is 1. The van der Waals surface area contributed by atoms with E-state index in [0.29, 0.717) is 22.4 Å². The molecule has 36 heavy (non-hydrogen) atoms. The van der Waals surface area contributed by atoms with Crippen LogP contribution >= 0.6 is 0 Å². The van der Waals surface area contributed by atoms with Crippen molar-refractivity contribution in [2.45, 2.75) is 58.3 Å². The quantitative estimate of drug-likeness (QED) is 0.190. The molecule has 0 radical (unpaired) electrons. The molecule has 1 heterocycles. The molecule has 1 atom stereocenters. The topological polar surface area (TPSA) is 91.4 Å². The molecule has 0 bridgehead atoms. The monoisotopic (exact) mass is 492 g/mol. The van der Waals surface area contributed by atoms with Crippen molar-refractivity contribution in [3.8, 4) is 5.75 Å². The summed E-state index contributed by atoms with van der Waals surface area (Å²) in [6.45, 7) is 9.30. The predicted molar refractivity (Wildman–Crippen MR) is 146 cm³/mol. The van der Waals surface area contributed by atoms with E-state index in [-0.39, 0.29) is 29.1 Å². The molecule has 6 nitrogen and oxygen atoms in total. The van der Waals surface area contributed by atoms with E-state index in [1.54, 1.807) is 12.1 Å². The average molecular weight is 493 g/mol. The Morgan fingerprint density at radius 1 is 1.03 bits per heavy atom. The number of phenolic OH excluding ortho intramolecular Hbond substituents is 1. The first-order chi connectivity index (χ1) is 17.4. The van der Waals surface area contributed by atoms with Crippen LogP contribution in [0.2, 0.25) is 0 Å². The summed E-state index contributed by atoms with van der Waals surface area (Å²) in [7, 11) is 0. The second-order valence-corrected chi connectivity index (χ2v) is 9.84. The number of H-pyrrole nitrogens is 1. The number of carbonyl (C=O) groups is 1. The van der Waals surface area contributed by atoms with Crippen molar-refractivity contribution in [1.29, 1.82) is 0 Å². The zero-order valence-corrected chi connectivity index (χ0v) is 21.8. The Labute approximate surface area is 214 Å². The van der Waals surface area contributed by atoms with Crippen molar-refractivity contribution in [2.75, 3.05) is 26.3 Å². The molecule has 0 saturated carbocycles. The number of pyridine rings is 1. The second kappa shape index (κ2) is 13.4. The third-order valence-electron chi connectivity index (χ3n) is 7.30. The first kappa shape index (κ1) is 27.6. The molecule has 3 N–H and O–H groups in total. The maximum atomic E-state index is 12.7. The molecular weight excluding hydrogens is 452 g/mol. The summed E-state index contributed by atoms with van der Waals surface area (Å²) in [4.78, 5) is 26.8. The van der Waals surface area contributed by atoms with Gasteiger partial charge in [-0.25, -0.2) is 0 Å². The number of benzene rings is 2. The van der Waals surface area contributed by atoms with Gasteiger partial charge in [-0.2, -0.15) is 0 Å². The fraction of sp³-hybridized carbons (Fsp3) is 0.467.